The van der Waals surface area contributed by atoms with Crippen LogP contribution in [0, 0.1) is 5.92 Å². The number of aromatic nitrogens is 1. The second kappa shape index (κ2) is 7.01. The quantitative estimate of drug-likeness (QED) is 0.916. The third kappa shape index (κ3) is 3.82. The van der Waals surface area contributed by atoms with Gasteiger partial charge >= 0.3 is 0 Å². The Balaban J connectivity index is 1.66. The van der Waals surface area contributed by atoms with E-state index in [-0.39, 0.29) is 5.91 Å². The first-order valence-electron chi connectivity index (χ1n) is 7.90. The number of hydrogen-bond donors (Lipinski definition) is 1. The molecule has 0 saturated carbocycles. The molecule has 1 aromatic carbocycles. The minimum atomic E-state index is -0.225. The average molecular weight is 330 g/mol. The van der Waals surface area contributed by atoms with Crippen molar-refractivity contribution in [1.82, 2.24) is 4.98 Å². The molecule has 0 spiro atoms. The molecular formula is C18H20ClN3O. The number of nitrogens with one attached hydrogen (secondary N) is 1. The van der Waals surface area contributed by atoms with Gasteiger partial charge in [0.1, 0.15) is 5.82 Å². The normalized spacial score (nSPS) is 15.5. The van der Waals surface area contributed by atoms with Crippen molar-refractivity contribution in [3.8, 4) is 0 Å². The molecule has 23 heavy (non-hydrogen) atoms. The summed E-state index contributed by atoms with van der Waals surface area (Å²) in [6.07, 6.45) is 4.10. The Morgan fingerprint density at radius 2 is 1.96 bits per heavy atom. The minimum Gasteiger partial charge on any atom is -0.357 e. The van der Waals surface area contributed by atoms with Crippen LogP contribution in [0.15, 0.2) is 42.6 Å². The topological polar surface area (TPSA) is 45.2 Å². The second-order valence-corrected chi connectivity index (χ2v) is 6.42. The van der Waals surface area contributed by atoms with E-state index in [4.69, 9.17) is 11.6 Å². The van der Waals surface area contributed by atoms with Crippen molar-refractivity contribution in [3.63, 3.8) is 0 Å². The standard InChI is InChI=1S/C18H20ClN3O/c1-13-8-10-22(11-9-13)17-7-6-14(12-20-17)21-18(23)15-4-2-3-5-16(15)19/h2-7,12-13H,8-11H2,1H3,(H,21,23). The summed E-state index contributed by atoms with van der Waals surface area (Å²) in [6.45, 7) is 4.37. The van der Waals surface area contributed by atoms with Crippen LogP contribution in [-0.2, 0) is 0 Å². The zero-order chi connectivity index (χ0) is 16.2. The summed E-state index contributed by atoms with van der Waals surface area (Å²) in [5, 5.41) is 3.27. The van der Waals surface area contributed by atoms with Crippen LogP contribution in [0.4, 0.5) is 11.5 Å². The van der Waals surface area contributed by atoms with Crippen LogP contribution in [0.25, 0.3) is 0 Å². The Labute approximate surface area is 141 Å². The number of piperidine rings is 1. The van der Waals surface area contributed by atoms with Crippen molar-refractivity contribution < 1.29 is 4.79 Å². The number of nitrogens with zero attached hydrogens (tertiary/aromatic N) is 2. The van der Waals surface area contributed by atoms with Crippen LogP contribution in [0.3, 0.4) is 0 Å². The molecule has 1 aliphatic heterocycles. The molecule has 0 atom stereocenters. The number of anilines is 2. The predicted molar refractivity (Wildman–Crippen MR) is 94.3 cm³/mol. The molecule has 0 radical (unpaired) electrons. The average Bonchev–Trinajstić information content (AvgIpc) is 2.57. The highest BCUT2D eigenvalue weighted by molar-refractivity contribution is 6.34. The first-order valence-corrected chi connectivity index (χ1v) is 8.28. The number of hydrogen-bond acceptors (Lipinski definition) is 3. The molecule has 2 heterocycles. The van der Waals surface area contributed by atoms with Gasteiger partial charge in [-0.1, -0.05) is 30.7 Å². The summed E-state index contributed by atoms with van der Waals surface area (Å²) in [7, 11) is 0. The molecule has 1 amide bonds. The van der Waals surface area contributed by atoms with Gasteiger partial charge in [-0.25, -0.2) is 4.98 Å². The number of halogens is 1. The lowest BCUT2D eigenvalue weighted by atomic mass is 9.99. The van der Waals surface area contributed by atoms with E-state index < -0.39 is 0 Å². The van der Waals surface area contributed by atoms with Gasteiger partial charge in [0.15, 0.2) is 0 Å². The van der Waals surface area contributed by atoms with E-state index in [9.17, 15) is 4.79 Å². The Bertz CT molecular complexity index is 679. The number of pyridine rings is 1. The largest absolute Gasteiger partial charge is 0.357 e. The molecule has 1 N–H and O–H groups in total. The zero-order valence-electron chi connectivity index (χ0n) is 13.1. The zero-order valence-corrected chi connectivity index (χ0v) is 13.9. The highest BCUT2D eigenvalue weighted by Gasteiger charge is 2.17. The molecule has 0 bridgehead atoms. The van der Waals surface area contributed by atoms with Gasteiger partial charge in [0.2, 0.25) is 0 Å². The van der Waals surface area contributed by atoms with Gasteiger partial charge in [0.25, 0.3) is 5.91 Å². The van der Waals surface area contributed by atoms with Crippen LogP contribution in [-0.4, -0.2) is 24.0 Å². The molecule has 0 aliphatic carbocycles. The molecule has 5 heteroatoms. The molecule has 1 fully saturated rings. The first kappa shape index (κ1) is 15.8. The molecule has 2 aromatic rings. The van der Waals surface area contributed by atoms with Crippen molar-refractivity contribution in [3.05, 3.63) is 53.2 Å². The van der Waals surface area contributed by atoms with E-state index in [2.05, 4.69) is 22.1 Å². The van der Waals surface area contributed by atoms with Crippen LogP contribution in [0.5, 0.6) is 0 Å². The van der Waals surface area contributed by atoms with E-state index in [0.29, 0.717) is 16.3 Å². The van der Waals surface area contributed by atoms with Gasteiger partial charge in [-0.15, -0.1) is 0 Å². The summed E-state index contributed by atoms with van der Waals surface area (Å²) < 4.78 is 0. The van der Waals surface area contributed by atoms with Gasteiger partial charge in [0, 0.05) is 13.1 Å². The maximum Gasteiger partial charge on any atom is 0.257 e. The lowest BCUT2D eigenvalue weighted by Crippen LogP contribution is -2.33. The minimum absolute atomic E-state index is 0.225. The van der Waals surface area contributed by atoms with Crippen molar-refractivity contribution in [1.29, 1.82) is 0 Å². The summed E-state index contributed by atoms with van der Waals surface area (Å²) in [5.74, 6) is 1.53. The van der Waals surface area contributed by atoms with E-state index in [0.717, 1.165) is 24.8 Å². The number of carbonyl (C=O) groups excluding carboxylic acids is 1. The summed E-state index contributed by atoms with van der Waals surface area (Å²) in [4.78, 5) is 19.0. The van der Waals surface area contributed by atoms with Crippen LogP contribution in [0.2, 0.25) is 5.02 Å². The summed E-state index contributed by atoms with van der Waals surface area (Å²) in [6, 6.07) is 10.8. The number of benzene rings is 1. The molecule has 4 nitrogen and oxygen atoms in total. The molecular weight excluding hydrogens is 310 g/mol. The van der Waals surface area contributed by atoms with Gasteiger partial charge in [0.05, 0.1) is 22.5 Å². The van der Waals surface area contributed by atoms with E-state index in [1.54, 1.807) is 30.5 Å². The number of carbonyl (C=O) groups is 1. The van der Waals surface area contributed by atoms with Gasteiger partial charge in [-0.3, -0.25) is 4.79 Å². The smallest absolute Gasteiger partial charge is 0.257 e. The number of rotatable bonds is 3. The van der Waals surface area contributed by atoms with Crippen LogP contribution < -0.4 is 10.2 Å². The fourth-order valence-corrected chi connectivity index (χ4v) is 2.95. The lowest BCUT2D eigenvalue weighted by molar-refractivity contribution is 0.102. The van der Waals surface area contributed by atoms with E-state index in [1.807, 2.05) is 12.1 Å². The van der Waals surface area contributed by atoms with Crippen molar-refractivity contribution in [2.75, 3.05) is 23.3 Å². The first-order chi connectivity index (χ1) is 11.1. The monoisotopic (exact) mass is 329 g/mol. The molecule has 1 aromatic heterocycles. The van der Waals surface area contributed by atoms with Crippen molar-refractivity contribution in [2.24, 2.45) is 5.92 Å². The van der Waals surface area contributed by atoms with Crippen LogP contribution in [0.1, 0.15) is 30.1 Å². The van der Waals surface area contributed by atoms with Gasteiger partial charge in [-0.2, -0.15) is 0 Å². The Morgan fingerprint density at radius 1 is 1.22 bits per heavy atom. The fourth-order valence-electron chi connectivity index (χ4n) is 2.73. The van der Waals surface area contributed by atoms with Gasteiger partial charge in [-0.05, 0) is 43.0 Å². The number of amides is 1. The molecule has 120 valence electrons. The maximum atomic E-state index is 12.2. The van der Waals surface area contributed by atoms with Gasteiger partial charge < -0.3 is 10.2 Å². The molecule has 1 aliphatic rings. The maximum absolute atomic E-state index is 12.2. The van der Waals surface area contributed by atoms with Crippen LogP contribution >= 0.6 is 11.6 Å². The van der Waals surface area contributed by atoms with E-state index in [1.165, 1.54) is 12.8 Å². The molecule has 1 saturated heterocycles. The third-order valence-electron chi connectivity index (χ3n) is 4.23. The Morgan fingerprint density at radius 3 is 2.61 bits per heavy atom. The van der Waals surface area contributed by atoms with Crippen molar-refractivity contribution in [2.45, 2.75) is 19.8 Å². The Hall–Kier alpha value is -2.07. The summed E-state index contributed by atoms with van der Waals surface area (Å²) in [5.41, 5.74) is 1.13. The third-order valence-corrected chi connectivity index (χ3v) is 4.56. The SMILES string of the molecule is CC1CCN(c2ccc(NC(=O)c3ccccc3Cl)cn2)CC1. The predicted octanol–water partition coefficient (Wildman–Crippen LogP) is 4.22. The lowest BCUT2D eigenvalue weighted by Gasteiger charge is -2.31. The highest BCUT2D eigenvalue weighted by atomic mass is 35.5. The molecule has 0 unspecified atom stereocenters. The second-order valence-electron chi connectivity index (χ2n) is 6.01. The van der Waals surface area contributed by atoms with Crippen molar-refractivity contribution >= 4 is 29.0 Å². The molecule has 3 rings (SSSR count). The Kier molecular flexibility index (Phi) is 4.82. The fraction of sp³-hybridized carbons (Fsp3) is 0.333. The van der Waals surface area contributed by atoms with E-state index >= 15 is 0 Å². The summed E-state index contributed by atoms with van der Waals surface area (Å²) >= 11 is 6.04. The highest BCUT2D eigenvalue weighted by Crippen LogP contribution is 2.22.